The molecule has 4 N–H and O–H groups in total. The highest BCUT2D eigenvalue weighted by atomic mass is 16.7. The van der Waals surface area contributed by atoms with Gasteiger partial charge in [-0.25, -0.2) is 0 Å². The van der Waals surface area contributed by atoms with Gasteiger partial charge < -0.3 is 15.9 Å². The van der Waals surface area contributed by atoms with Gasteiger partial charge in [-0.05, 0) is 17.7 Å². The lowest BCUT2D eigenvalue weighted by Crippen LogP contribution is -2.08. The minimum absolute atomic E-state index is 0.303. The van der Waals surface area contributed by atoms with Gasteiger partial charge in [0.25, 0.3) is 0 Å². The summed E-state index contributed by atoms with van der Waals surface area (Å²) in [4.78, 5) is 9.31. The van der Waals surface area contributed by atoms with Crippen LogP contribution in [0.25, 0.3) is 0 Å². The minimum Gasteiger partial charge on any atom is -0.375 e. The predicted molar refractivity (Wildman–Crippen MR) is 74.0 cm³/mol. The first kappa shape index (κ1) is 15.8. The minimum atomic E-state index is -1.60. The molecule has 0 fully saturated rings. The molecule has 0 radical (unpaired) electrons. The fourth-order valence-corrected chi connectivity index (χ4v) is 1.40. The molecule has 106 valence electrons. The molecule has 2 atom stereocenters. The van der Waals surface area contributed by atoms with E-state index in [4.69, 9.17) is 15.9 Å². The molecule has 0 saturated carbocycles. The summed E-state index contributed by atoms with van der Waals surface area (Å²) in [5, 5.41) is 27.8. The summed E-state index contributed by atoms with van der Waals surface area (Å²) in [5.41, 5.74) is 6.22. The average Bonchev–Trinajstić information content (AvgIpc) is 2.49. The summed E-state index contributed by atoms with van der Waals surface area (Å²) >= 11 is 0. The van der Waals surface area contributed by atoms with Crippen molar-refractivity contribution in [3.8, 4) is 0 Å². The van der Waals surface area contributed by atoms with Crippen molar-refractivity contribution in [3.63, 3.8) is 0 Å². The van der Waals surface area contributed by atoms with Gasteiger partial charge in [-0.3, -0.25) is 10.1 Å². The van der Waals surface area contributed by atoms with Crippen molar-refractivity contribution in [3.05, 3.63) is 81.9 Å². The Kier molecular flexibility index (Phi) is 6.31. The molecule has 2 rings (SSSR count). The summed E-state index contributed by atoms with van der Waals surface area (Å²) < 4.78 is 0. The molecule has 20 heavy (non-hydrogen) atoms. The number of hydrogen-bond acceptors (Lipinski definition) is 5. The van der Waals surface area contributed by atoms with Gasteiger partial charge in [0.1, 0.15) is 6.23 Å². The first-order valence-corrected chi connectivity index (χ1v) is 5.87. The summed E-state index contributed by atoms with van der Waals surface area (Å²) in [6.07, 6.45) is -2.44. The molecule has 0 heterocycles. The van der Waals surface area contributed by atoms with Crippen LogP contribution >= 0.6 is 0 Å². The third-order valence-electron chi connectivity index (χ3n) is 2.44. The molecule has 0 saturated heterocycles. The van der Waals surface area contributed by atoms with Crippen molar-refractivity contribution in [1.29, 1.82) is 0 Å². The van der Waals surface area contributed by atoms with E-state index in [1.165, 1.54) is 12.1 Å². The molecule has 2 unspecified atom stereocenters. The Labute approximate surface area is 116 Å². The zero-order chi connectivity index (χ0) is 15.0. The van der Waals surface area contributed by atoms with E-state index >= 15 is 0 Å². The third-order valence-corrected chi connectivity index (χ3v) is 2.44. The average molecular weight is 276 g/mol. The van der Waals surface area contributed by atoms with Crippen molar-refractivity contribution in [2.45, 2.75) is 12.5 Å². The quantitative estimate of drug-likeness (QED) is 0.448. The van der Waals surface area contributed by atoms with Gasteiger partial charge in [0.05, 0.1) is 10.5 Å². The van der Waals surface area contributed by atoms with Crippen molar-refractivity contribution >= 4 is 0 Å². The van der Waals surface area contributed by atoms with Gasteiger partial charge in [-0.15, -0.1) is 0 Å². The molecule has 6 nitrogen and oxygen atoms in total. The largest absolute Gasteiger partial charge is 0.375 e. The highest BCUT2D eigenvalue weighted by Crippen LogP contribution is 2.11. The lowest BCUT2D eigenvalue weighted by molar-refractivity contribution is -0.578. The molecule has 6 heteroatoms. The lowest BCUT2D eigenvalue weighted by atomic mass is 10.2. The van der Waals surface area contributed by atoms with Crippen LogP contribution in [-0.2, 0) is 0 Å². The van der Waals surface area contributed by atoms with Crippen LogP contribution in [0.1, 0.15) is 23.6 Å². The number of aliphatic hydroxyl groups is 2. The van der Waals surface area contributed by atoms with E-state index < -0.39 is 17.4 Å². The van der Waals surface area contributed by atoms with Crippen LogP contribution in [0.15, 0.2) is 60.7 Å². The van der Waals surface area contributed by atoms with Crippen molar-refractivity contribution < 1.29 is 15.1 Å². The van der Waals surface area contributed by atoms with Gasteiger partial charge in [0.15, 0.2) is 0 Å². The standard InChI is InChI=1S/C7H7NO3.C7H9NO/c9-7(8(10)11)6-4-2-1-3-5-6;8-7(9)6-4-2-1-3-5-6/h1-5,7,9H;1-5,7,9H,8H2. The Hall–Kier alpha value is -2.28. The van der Waals surface area contributed by atoms with Crippen molar-refractivity contribution in [1.82, 2.24) is 0 Å². The van der Waals surface area contributed by atoms with E-state index in [-0.39, 0.29) is 0 Å². The zero-order valence-corrected chi connectivity index (χ0v) is 10.7. The number of benzene rings is 2. The molecule has 0 spiro atoms. The lowest BCUT2D eigenvalue weighted by Gasteiger charge is -2.01. The number of hydrogen-bond donors (Lipinski definition) is 3. The van der Waals surface area contributed by atoms with Crippen LogP contribution in [0.5, 0.6) is 0 Å². The second-order valence-electron chi connectivity index (χ2n) is 3.93. The van der Waals surface area contributed by atoms with E-state index in [0.717, 1.165) is 5.56 Å². The summed E-state index contributed by atoms with van der Waals surface area (Å²) in [5.74, 6) is 0. The van der Waals surface area contributed by atoms with Gasteiger partial charge >= 0.3 is 6.23 Å². The van der Waals surface area contributed by atoms with E-state index in [1.807, 2.05) is 18.2 Å². The Bertz CT molecular complexity index is 517. The molecule has 0 aromatic heterocycles. The Balaban J connectivity index is 0.000000204. The molecule has 2 aromatic carbocycles. The van der Waals surface area contributed by atoms with E-state index in [1.54, 1.807) is 30.3 Å². The number of aliphatic hydroxyl groups excluding tert-OH is 2. The molecular formula is C14H16N2O4. The van der Waals surface area contributed by atoms with E-state index in [2.05, 4.69) is 0 Å². The number of nitro groups is 1. The van der Waals surface area contributed by atoms with Crippen LogP contribution < -0.4 is 5.73 Å². The summed E-state index contributed by atoms with van der Waals surface area (Å²) in [7, 11) is 0. The molecule has 0 bridgehead atoms. The second-order valence-corrected chi connectivity index (χ2v) is 3.93. The fourth-order valence-electron chi connectivity index (χ4n) is 1.40. The molecule has 2 aromatic rings. The van der Waals surface area contributed by atoms with Crippen LogP contribution in [0.4, 0.5) is 0 Å². The molecule has 0 aliphatic heterocycles. The Morgan fingerprint density at radius 1 is 0.900 bits per heavy atom. The van der Waals surface area contributed by atoms with Crippen LogP contribution in [0.2, 0.25) is 0 Å². The monoisotopic (exact) mass is 276 g/mol. The van der Waals surface area contributed by atoms with Gasteiger partial charge in [0, 0.05) is 0 Å². The molecule has 0 aliphatic rings. The number of nitrogens with zero attached hydrogens (tertiary/aromatic N) is 1. The second kappa shape index (κ2) is 8.00. The van der Waals surface area contributed by atoms with E-state index in [9.17, 15) is 10.1 Å². The molecule has 0 aliphatic carbocycles. The smallest absolute Gasteiger partial charge is 0.339 e. The topological polar surface area (TPSA) is 110 Å². The highest BCUT2D eigenvalue weighted by molar-refractivity contribution is 5.16. The van der Waals surface area contributed by atoms with Crippen LogP contribution in [-0.4, -0.2) is 15.1 Å². The normalized spacial score (nSPS) is 12.8. The number of nitrogens with two attached hydrogens (primary N) is 1. The summed E-state index contributed by atoms with van der Waals surface area (Å²) in [6.45, 7) is 0. The predicted octanol–water partition coefficient (Wildman–Crippen LogP) is 1.59. The Morgan fingerprint density at radius 2 is 1.30 bits per heavy atom. The summed E-state index contributed by atoms with van der Waals surface area (Å²) in [6, 6.07) is 17.2. The van der Waals surface area contributed by atoms with Gasteiger partial charge in [-0.2, -0.15) is 0 Å². The third kappa shape index (κ3) is 5.15. The maximum absolute atomic E-state index is 10.1. The fraction of sp³-hybridized carbons (Fsp3) is 0.143. The number of rotatable bonds is 3. The van der Waals surface area contributed by atoms with Crippen molar-refractivity contribution in [2.24, 2.45) is 5.73 Å². The first-order valence-electron chi connectivity index (χ1n) is 5.87. The van der Waals surface area contributed by atoms with Gasteiger partial charge in [0.2, 0.25) is 0 Å². The Morgan fingerprint density at radius 3 is 1.60 bits per heavy atom. The van der Waals surface area contributed by atoms with Crippen LogP contribution in [0.3, 0.4) is 0 Å². The molecular weight excluding hydrogens is 260 g/mol. The van der Waals surface area contributed by atoms with Crippen LogP contribution in [0, 0.1) is 10.1 Å². The molecule has 0 amide bonds. The maximum atomic E-state index is 10.1. The first-order chi connectivity index (χ1) is 9.52. The zero-order valence-electron chi connectivity index (χ0n) is 10.7. The maximum Gasteiger partial charge on any atom is 0.339 e. The van der Waals surface area contributed by atoms with Crippen molar-refractivity contribution in [2.75, 3.05) is 0 Å². The van der Waals surface area contributed by atoms with Gasteiger partial charge in [-0.1, -0.05) is 48.5 Å². The SMILES string of the molecule is NC(O)c1ccccc1.O=[N+]([O-])C(O)c1ccccc1. The highest BCUT2D eigenvalue weighted by Gasteiger charge is 2.16. The van der Waals surface area contributed by atoms with E-state index in [0.29, 0.717) is 5.56 Å².